The number of ether oxygens (including phenoxy) is 2. The molecule has 1 aromatic carbocycles. The number of anilines is 2. The van der Waals surface area contributed by atoms with Crippen LogP contribution in [0.3, 0.4) is 0 Å². The molecule has 7 nitrogen and oxygen atoms in total. The Balaban J connectivity index is 2.73. The molecule has 8 heteroatoms. The minimum absolute atomic E-state index is 0.215. The number of nitrogen functional groups attached to an aromatic ring is 1. The molecule has 0 bridgehead atoms. The number of methoxy groups -OCH3 is 1. The van der Waals surface area contributed by atoms with E-state index in [0.717, 1.165) is 0 Å². The highest BCUT2D eigenvalue weighted by Gasteiger charge is 2.15. The maximum absolute atomic E-state index is 11.8. The maximum Gasteiger partial charge on any atom is 0.306 e. The summed E-state index contributed by atoms with van der Waals surface area (Å²) in [5.41, 5.74) is 6.17. The average molecular weight is 302 g/mol. The van der Waals surface area contributed by atoms with E-state index in [-0.39, 0.29) is 30.2 Å². The van der Waals surface area contributed by atoms with Gasteiger partial charge in [0.25, 0.3) is 0 Å². The summed E-state index contributed by atoms with van der Waals surface area (Å²) in [6.07, 6.45) is -0.215. The number of hydrogen-bond acceptors (Lipinski definition) is 6. The molecular formula is C12H18N2O5S. The Hall–Kier alpha value is -1.96. The van der Waals surface area contributed by atoms with Crippen molar-refractivity contribution in [2.75, 3.05) is 29.9 Å². The second-order valence-corrected chi connectivity index (χ2v) is 5.77. The third-order valence-corrected chi connectivity index (χ3v) is 3.68. The monoisotopic (exact) mass is 302 g/mol. The Morgan fingerprint density at radius 3 is 2.70 bits per heavy atom. The molecule has 3 N–H and O–H groups in total. The smallest absolute Gasteiger partial charge is 0.306 e. The molecule has 20 heavy (non-hydrogen) atoms. The zero-order chi connectivity index (χ0) is 15.2. The number of carbonyl (C=O) groups is 1. The lowest BCUT2D eigenvalue weighted by Gasteiger charge is -2.11. The van der Waals surface area contributed by atoms with Gasteiger partial charge in [0.05, 0.1) is 37.3 Å². The predicted octanol–water partition coefficient (Wildman–Crippen LogP) is 0.972. The first-order valence-corrected chi connectivity index (χ1v) is 7.63. The van der Waals surface area contributed by atoms with E-state index in [9.17, 15) is 13.2 Å². The summed E-state index contributed by atoms with van der Waals surface area (Å²) in [6.45, 7) is 1.87. The van der Waals surface area contributed by atoms with Crippen LogP contribution >= 0.6 is 0 Å². The van der Waals surface area contributed by atoms with Crippen LogP contribution in [0.1, 0.15) is 13.3 Å². The fraction of sp³-hybridized carbons (Fsp3) is 0.417. The summed E-state index contributed by atoms with van der Waals surface area (Å²) < 4.78 is 35.7. The molecule has 0 unspecified atom stereocenters. The van der Waals surface area contributed by atoms with Gasteiger partial charge < -0.3 is 15.2 Å². The van der Waals surface area contributed by atoms with Gasteiger partial charge in [-0.25, -0.2) is 8.42 Å². The molecule has 0 aromatic heterocycles. The zero-order valence-corrected chi connectivity index (χ0v) is 12.2. The summed E-state index contributed by atoms with van der Waals surface area (Å²) in [5.74, 6) is -0.457. The van der Waals surface area contributed by atoms with Gasteiger partial charge in [0.2, 0.25) is 10.0 Å². The summed E-state index contributed by atoms with van der Waals surface area (Å²) in [4.78, 5) is 11.2. The van der Waals surface area contributed by atoms with Gasteiger partial charge in [-0.15, -0.1) is 0 Å². The minimum atomic E-state index is -3.68. The van der Waals surface area contributed by atoms with Crippen molar-refractivity contribution in [1.29, 1.82) is 0 Å². The third-order valence-electron chi connectivity index (χ3n) is 2.41. The molecule has 0 fully saturated rings. The Kier molecular flexibility index (Phi) is 5.63. The molecule has 0 aliphatic carbocycles. The first-order chi connectivity index (χ1) is 9.38. The molecule has 0 spiro atoms. The van der Waals surface area contributed by atoms with Crippen LogP contribution in [0.2, 0.25) is 0 Å². The first kappa shape index (κ1) is 16.1. The lowest BCUT2D eigenvalue weighted by molar-refractivity contribution is -0.142. The van der Waals surface area contributed by atoms with Crippen molar-refractivity contribution in [1.82, 2.24) is 0 Å². The van der Waals surface area contributed by atoms with E-state index in [4.69, 9.17) is 10.5 Å². The van der Waals surface area contributed by atoms with Crippen molar-refractivity contribution in [2.45, 2.75) is 13.3 Å². The fourth-order valence-electron chi connectivity index (χ4n) is 1.42. The van der Waals surface area contributed by atoms with Crippen molar-refractivity contribution in [3.8, 4) is 5.75 Å². The number of hydrogen-bond donors (Lipinski definition) is 2. The van der Waals surface area contributed by atoms with E-state index in [2.05, 4.69) is 9.46 Å². The number of carbonyl (C=O) groups excluding carboxylic acids is 1. The second-order valence-electron chi connectivity index (χ2n) is 3.93. The van der Waals surface area contributed by atoms with E-state index >= 15 is 0 Å². The van der Waals surface area contributed by atoms with Gasteiger partial charge in [-0.1, -0.05) is 0 Å². The van der Waals surface area contributed by atoms with Gasteiger partial charge in [0, 0.05) is 6.07 Å². The zero-order valence-electron chi connectivity index (χ0n) is 11.4. The number of sulfonamides is 1. The van der Waals surface area contributed by atoms with E-state index in [0.29, 0.717) is 5.75 Å². The molecule has 112 valence electrons. The third kappa shape index (κ3) is 4.96. The molecule has 0 radical (unpaired) electrons. The number of esters is 1. The number of benzene rings is 1. The SMILES string of the molecule is CCOC(=O)CCS(=O)(=O)Nc1cc(OC)ccc1N. The number of nitrogens with one attached hydrogen (secondary N) is 1. The van der Waals surface area contributed by atoms with Crippen LogP contribution < -0.4 is 15.2 Å². The standard InChI is InChI=1S/C12H18N2O5S/c1-3-19-12(15)6-7-20(16,17)14-11-8-9(18-2)4-5-10(11)13/h4-5,8,14H,3,6-7,13H2,1-2H3. The first-order valence-electron chi connectivity index (χ1n) is 5.97. The molecule has 0 aliphatic rings. The summed E-state index contributed by atoms with van der Waals surface area (Å²) in [5, 5.41) is 0. The van der Waals surface area contributed by atoms with E-state index in [1.165, 1.54) is 19.2 Å². The maximum atomic E-state index is 11.8. The van der Waals surface area contributed by atoms with Crippen LogP contribution in [0.25, 0.3) is 0 Å². The Labute approximate surface area is 118 Å². The minimum Gasteiger partial charge on any atom is -0.497 e. The van der Waals surface area contributed by atoms with Crippen LogP contribution in [0.5, 0.6) is 5.75 Å². The van der Waals surface area contributed by atoms with Crippen molar-refractivity contribution < 1.29 is 22.7 Å². The molecule has 0 saturated heterocycles. The quantitative estimate of drug-likeness (QED) is 0.574. The highest BCUT2D eigenvalue weighted by molar-refractivity contribution is 7.92. The van der Waals surface area contributed by atoms with Gasteiger partial charge in [-0.3, -0.25) is 9.52 Å². The summed E-state index contributed by atoms with van der Waals surface area (Å²) in [7, 11) is -2.22. The highest BCUT2D eigenvalue weighted by Crippen LogP contribution is 2.25. The van der Waals surface area contributed by atoms with Crippen LogP contribution in [0.4, 0.5) is 11.4 Å². The average Bonchev–Trinajstić information content (AvgIpc) is 2.39. The molecule has 0 aliphatic heterocycles. The predicted molar refractivity (Wildman–Crippen MR) is 76.1 cm³/mol. The second kappa shape index (κ2) is 6.99. The Morgan fingerprint density at radius 2 is 2.10 bits per heavy atom. The van der Waals surface area contributed by atoms with E-state index < -0.39 is 16.0 Å². The molecule has 1 rings (SSSR count). The van der Waals surface area contributed by atoms with Crippen LogP contribution in [-0.4, -0.2) is 33.9 Å². The van der Waals surface area contributed by atoms with Gasteiger partial charge in [0.15, 0.2) is 0 Å². The van der Waals surface area contributed by atoms with Crippen LogP contribution in [0.15, 0.2) is 18.2 Å². The number of nitrogens with two attached hydrogens (primary N) is 1. The highest BCUT2D eigenvalue weighted by atomic mass is 32.2. The molecule has 1 aromatic rings. The van der Waals surface area contributed by atoms with Crippen LogP contribution in [0, 0.1) is 0 Å². The molecule has 0 heterocycles. The van der Waals surface area contributed by atoms with Gasteiger partial charge in [0.1, 0.15) is 5.75 Å². The molecule has 0 amide bonds. The summed E-state index contributed by atoms with van der Waals surface area (Å²) >= 11 is 0. The van der Waals surface area contributed by atoms with Crippen molar-refractivity contribution >= 4 is 27.4 Å². The summed E-state index contributed by atoms with van der Waals surface area (Å²) in [6, 6.07) is 4.62. The van der Waals surface area contributed by atoms with Gasteiger partial charge in [-0.05, 0) is 19.1 Å². The van der Waals surface area contributed by atoms with Crippen molar-refractivity contribution in [2.24, 2.45) is 0 Å². The molecule has 0 saturated carbocycles. The topological polar surface area (TPSA) is 108 Å². The Morgan fingerprint density at radius 1 is 1.40 bits per heavy atom. The van der Waals surface area contributed by atoms with E-state index in [1.54, 1.807) is 13.0 Å². The molecule has 0 atom stereocenters. The largest absolute Gasteiger partial charge is 0.497 e. The Bertz CT molecular complexity index is 571. The molecular weight excluding hydrogens is 284 g/mol. The number of rotatable bonds is 7. The lowest BCUT2D eigenvalue weighted by atomic mass is 10.2. The van der Waals surface area contributed by atoms with Crippen LogP contribution in [-0.2, 0) is 19.6 Å². The fourth-order valence-corrected chi connectivity index (χ4v) is 2.47. The normalized spacial score (nSPS) is 10.9. The van der Waals surface area contributed by atoms with Gasteiger partial charge >= 0.3 is 5.97 Å². The van der Waals surface area contributed by atoms with Gasteiger partial charge in [-0.2, -0.15) is 0 Å². The van der Waals surface area contributed by atoms with Crippen molar-refractivity contribution in [3.05, 3.63) is 18.2 Å². The van der Waals surface area contributed by atoms with Crippen molar-refractivity contribution in [3.63, 3.8) is 0 Å². The lowest BCUT2D eigenvalue weighted by Crippen LogP contribution is -2.20. The van der Waals surface area contributed by atoms with E-state index in [1.807, 2.05) is 0 Å².